The Bertz CT molecular complexity index is 1120. The van der Waals surface area contributed by atoms with Crippen LogP contribution in [0.25, 0.3) is 11.0 Å². The Morgan fingerprint density at radius 1 is 1.00 bits per heavy atom. The van der Waals surface area contributed by atoms with E-state index in [1.54, 1.807) is 55.3 Å². The Hall–Kier alpha value is -2.81. The van der Waals surface area contributed by atoms with Crippen LogP contribution in [0.4, 0.5) is 11.4 Å². The monoisotopic (exact) mass is 435 g/mol. The van der Waals surface area contributed by atoms with Crippen LogP contribution >= 0.6 is 23.2 Å². The second-order valence-corrected chi connectivity index (χ2v) is 7.41. The minimum atomic E-state index is -0.574. The number of H-pyrrole nitrogens is 2. The molecular weight excluding hydrogens is 417 g/mol. The summed E-state index contributed by atoms with van der Waals surface area (Å²) in [5.41, 5.74) is 1.98. The van der Waals surface area contributed by atoms with Crippen molar-refractivity contribution in [2.75, 3.05) is 24.2 Å². The number of carbonyl (C=O) groups is 2. The van der Waals surface area contributed by atoms with Gasteiger partial charge in [-0.05, 0) is 50.4 Å². The summed E-state index contributed by atoms with van der Waals surface area (Å²) in [4.78, 5) is 43.0. The Labute approximate surface area is 176 Å². The van der Waals surface area contributed by atoms with E-state index in [1.807, 2.05) is 0 Å². The average Bonchev–Trinajstić information content (AvgIpc) is 3.03. The summed E-state index contributed by atoms with van der Waals surface area (Å²) in [6.07, 6.45) is 0. The molecule has 3 rings (SSSR count). The molecule has 0 aliphatic heterocycles. The van der Waals surface area contributed by atoms with Crippen LogP contribution in [0, 0.1) is 0 Å². The molecule has 2 aromatic carbocycles. The van der Waals surface area contributed by atoms with Crippen molar-refractivity contribution in [3.63, 3.8) is 0 Å². The number of halogens is 2. The quantitative estimate of drug-likeness (QED) is 0.476. The first-order chi connectivity index (χ1) is 13.7. The van der Waals surface area contributed by atoms with Crippen LogP contribution in [0.1, 0.15) is 6.92 Å². The number of carbonyl (C=O) groups excluding carboxylic acids is 2. The fourth-order valence-electron chi connectivity index (χ4n) is 2.70. The smallest absolute Gasteiger partial charge is 0.323 e. The highest BCUT2D eigenvalue weighted by atomic mass is 35.5. The second-order valence-electron chi connectivity index (χ2n) is 6.60. The van der Waals surface area contributed by atoms with E-state index >= 15 is 0 Å². The van der Waals surface area contributed by atoms with Gasteiger partial charge in [0.1, 0.15) is 0 Å². The van der Waals surface area contributed by atoms with Gasteiger partial charge in [0.15, 0.2) is 0 Å². The van der Waals surface area contributed by atoms with E-state index < -0.39 is 6.04 Å². The van der Waals surface area contributed by atoms with Crippen LogP contribution in [0.5, 0.6) is 0 Å². The Kier molecular flexibility index (Phi) is 6.26. The number of hydrogen-bond donors (Lipinski definition) is 4. The topological polar surface area (TPSA) is 110 Å². The van der Waals surface area contributed by atoms with Crippen molar-refractivity contribution in [1.29, 1.82) is 0 Å². The van der Waals surface area contributed by atoms with Crippen molar-refractivity contribution in [2.24, 2.45) is 0 Å². The summed E-state index contributed by atoms with van der Waals surface area (Å²) >= 11 is 11.8. The molecule has 0 spiro atoms. The molecule has 4 N–H and O–H groups in total. The molecule has 1 atom stereocenters. The number of nitrogens with one attached hydrogen (secondary N) is 4. The van der Waals surface area contributed by atoms with E-state index in [2.05, 4.69) is 20.6 Å². The number of nitrogens with zero attached hydrogens (tertiary/aromatic N) is 1. The van der Waals surface area contributed by atoms with E-state index in [1.165, 1.54) is 0 Å². The zero-order chi connectivity index (χ0) is 21.1. The standard InChI is InChI=1S/C19H19Cl2N5O3/c1-10(18(28)23-12-4-6-15-16(8-12)25-19(29)24-15)26(2)9-17(27)22-11-3-5-13(20)14(21)7-11/h3-8,10H,9H2,1-2H3,(H,22,27)(H,23,28)(H2,24,25,29). The Morgan fingerprint density at radius 3 is 2.38 bits per heavy atom. The molecule has 1 aromatic heterocycles. The Balaban J connectivity index is 1.58. The van der Waals surface area contributed by atoms with Gasteiger partial charge >= 0.3 is 5.69 Å². The number of hydrogen-bond acceptors (Lipinski definition) is 4. The number of likely N-dealkylation sites (N-methyl/N-ethyl adjacent to an activating group) is 1. The largest absolute Gasteiger partial charge is 0.325 e. The number of anilines is 2. The summed E-state index contributed by atoms with van der Waals surface area (Å²) in [7, 11) is 1.67. The van der Waals surface area contributed by atoms with Crippen LogP contribution in [0.2, 0.25) is 10.0 Å². The minimum absolute atomic E-state index is 0.000995. The summed E-state index contributed by atoms with van der Waals surface area (Å²) < 4.78 is 0. The number of aromatic amines is 2. The maximum atomic E-state index is 12.5. The lowest BCUT2D eigenvalue weighted by atomic mass is 10.2. The molecule has 0 fully saturated rings. The van der Waals surface area contributed by atoms with Crippen molar-refractivity contribution in [3.8, 4) is 0 Å². The van der Waals surface area contributed by atoms with E-state index in [0.717, 1.165) is 0 Å². The lowest BCUT2D eigenvalue weighted by Gasteiger charge is -2.23. The maximum absolute atomic E-state index is 12.5. The fraction of sp³-hybridized carbons (Fsp3) is 0.211. The van der Waals surface area contributed by atoms with E-state index in [-0.39, 0.29) is 24.0 Å². The third kappa shape index (κ3) is 5.17. The molecule has 3 aromatic rings. The highest BCUT2D eigenvalue weighted by Crippen LogP contribution is 2.25. The van der Waals surface area contributed by atoms with Crippen molar-refractivity contribution in [3.05, 3.63) is 56.9 Å². The summed E-state index contributed by atoms with van der Waals surface area (Å²) in [6.45, 7) is 1.69. The molecule has 8 nitrogen and oxygen atoms in total. The van der Waals surface area contributed by atoms with Gasteiger partial charge in [0, 0.05) is 11.4 Å². The van der Waals surface area contributed by atoms with Gasteiger partial charge in [-0.3, -0.25) is 14.5 Å². The van der Waals surface area contributed by atoms with Gasteiger partial charge in [-0.15, -0.1) is 0 Å². The predicted molar refractivity (Wildman–Crippen MR) is 115 cm³/mol. The number of rotatable bonds is 6. The van der Waals surface area contributed by atoms with Gasteiger partial charge in [-0.1, -0.05) is 23.2 Å². The molecular formula is C19H19Cl2N5O3. The van der Waals surface area contributed by atoms with E-state index in [4.69, 9.17) is 23.2 Å². The van der Waals surface area contributed by atoms with Crippen molar-refractivity contribution < 1.29 is 9.59 Å². The molecule has 0 saturated carbocycles. The van der Waals surface area contributed by atoms with Gasteiger partial charge in [-0.25, -0.2) is 4.79 Å². The van der Waals surface area contributed by atoms with Crippen LogP contribution in [-0.2, 0) is 9.59 Å². The van der Waals surface area contributed by atoms with Gasteiger partial charge in [0.25, 0.3) is 0 Å². The lowest BCUT2D eigenvalue weighted by Crippen LogP contribution is -2.43. The van der Waals surface area contributed by atoms with E-state index in [9.17, 15) is 14.4 Å². The summed E-state index contributed by atoms with van der Waals surface area (Å²) in [6, 6.07) is 9.26. The first kappa shape index (κ1) is 20.9. The zero-order valence-corrected chi connectivity index (χ0v) is 17.2. The number of fused-ring (bicyclic) bond motifs is 1. The lowest BCUT2D eigenvalue weighted by molar-refractivity contribution is -0.122. The maximum Gasteiger partial charge on any atom is 0.323 e. The molecule has 0 saturated heterocycles. The van der Waals surface area contributed by atoms with Gasteiger partial charge in [0.2, 0.25) is 11.8 Å². The van der Waals surface area contributed by atoms with Gasteiger partial charge in [-0.2, -0.15) is 0 Å². The number of imidazole rings is 1. The van der Waals surface area contributed by atoms with E-state index in [0.29, 0.717) is 32.5 Å². The first-order valence-corrected chi connectivity index (χ1v) is 9.46. The molecule has 0 radical (unpaired) electrons. The first-order valence-electron chi connectivity index (χ1n) is 8.71. The fourth-order valence-corrected chi connectivity index (χ4v) is 2.99. The van der Waals surface area contributed by atoms with Gasteiger partial charge in [0.05, 0.1) is 33.7 Å². The van der Waals surface area contributed by atoms with Crippen LogP contribution in [-0.4, -0.2) is 46.3 Å². The second kappa shape index (κ2) is 8.69. The Morgan fingerprint density at radius 2 is 1.66 bits per heavy atom. The van der Waals surface area contributed by atoms with Gasteiger partial charge < -0.3 is 20.6 Å². The molecule has 2 amide bonds. The van der Waals surface area contributed by atoms with Crippen LogP contribution < -0.4 is 16.3 Å². The SMILES string of the molecule is CC(C(=O)Nc1ccc2[nH]c(=O)[nH]c2c1)N(C)CC(=O)Nc1ccc(Cl)c(Cl)c1. The van der Waals surface area contributed by atoms with Crippen LogP contribution in [0.3, 0.4) is 0 Å². The summed E-state index contributed by atoms with van der Waals surface area (Å²) in [5.74, 6) is -0.580. The predicted octanol–water partition coefficient (Wildman–Crippen LogP) is 3.06. The number of benzene rings is 2. The molecule has 152 valence electrons. The molecule has 1 unspecified atom stereocenters. The highest BCUT2D eigenvalue weighted by Gasteiger charge is 2.20. The molecule has 0 bridgehead atoms. The third-order valence-corrected chi connectivity index (χ3v) is 5.16. The normalized spacial score (nSPS) is 12.2. The number of aromatic nitrogens is 2. The van der Waals surface area contributed by atoms with Crippen molar-refractivity contribution in [1.82, 2.24) is 14.9 Å². The highest BCUT2D eigenvalue weighted by molar-refractivity contribution is 6.42. The van der Waals surface area contributed by atoms with Crippen LogP contribution in [0.15, 0.2) is 41.2 Å². The average molecular weight is 436 g/mol. The summed E-state index contributed by atoms with van der Waals surface area (Å²) in [5, 5.41) is 6.23. The molecule has 0 aliphatic rings. The zero-order valence-electron chi connectivity index (χ0n) is 15.7. The third-order valence-electron chi connectivity index (χ3n) is 4.42. The minimum Gasteiger partial charge on any atom is -0.325 e. The molecule has 0 aliphatic carbocycles. The number of amides is 2. The molecule has 10 heteroatoms. The van der Waals surface area contributed by atoms with Crippen molar-refractivity contribution in [2.45, 2.75) is 13.0 Å². The molecule has 29 heavy (non-hydrogen) atoms. The van der Waals surface area contributed by atoms with Crippen molar-refractivity contribution >= 4 is 57.4 Å². The molecule has 1 heterocycles.